The number of sulfonamides is 1. The summed E-state index contributed by atoms with van der Waals surface area (Å²) in [5, 5.41) is 3.02. The van der Waals surface area contributed by atoms with E-state index in [1.165, 1.54) is 0 Å². The quantitative estimate of drug-likeness (QED) is 0.894. The van der Waals surface area contributed by atoms with Crippen LogP contribution in [0.1, 0.15) is 6.92 Å². The van der Waals surface area contributed by atoms with Gasteiger partial charge in [0.2, 0.25) is 10.0 Å². The Morgan fingerprint density at radius 2 is 1.80 bits per heavy atom. The second-order valence-corrected chi connectivity index (χ2v) is 6.29. The molecule has 0 amide bonds. The molecule has 0 spiro atoms. The van der Waals surface area contributed by atoms with Crippen LogP contribution in [0.15, 0.2) is 17.0 Å². The minimum absolute atomic E-state index is 0. The number of piperazine rings is 1. The molecule has 0 saturated carbocycles. The third-order valence-electron chi connectivity index (χ3n) is 2.89. The molecule has 0 aliphatic carbocycles. The first-order valence-electron chi connectivity index (χ1n) is 5.70. The number of nitrogens with one attached hydrogen (secondary N) is 1. The summed E-state index contributed by atoms with van der Waals surface area (Å²) in [6, 6.07) is 0.610. The topological polar surface area (TPSA) is 49.4 Å². The van der Waals surface area contributed by atoms with Crippen LogP contribution < -0.4 is 5.32 Å². The molecule has 114 valence electrons. The van der Waals surface area contributed by atoms with Crippen molar-refractivity contribution in [3.05, 3.63) is 29.6 Å². The standard InChI is InChI=1S/C11H13F3N2O2S.ClH/c1-7-6-16(3-2-15-7)19(17,18)11-9(13)4-8(12)5-10(11)14;/h4-5,7,15H,2-3,6H2,1H3;1H/t7-;/m1./s1. The molecule has 0 unspecified atom stereocenters. The van der Waals surface area contributed by atoms with Crippen molar-refractivity contribution in [1.29, 1.82) is 0 Å². The van der Waals surface area contributed by atoms with Crippen molar-refractivity contribution in [1.82, 2.24) is 9.62 Å². The lowest BCUT2D eigenvalue weighted by Gasteiger charge is -2.31. The molecule has 1 saturated heterocycles. The summed E-state index contributed by atoms with van der Waals surface area (Å²) in [4.78, 5) is -1.09. The molecule has 2 rings (SSSR count). The van der Waals surface area contributed by atoms with E-state index in [1.807, 2.05) is 0 Å². The average Bonchev–Trinajstić information content (AvgIpc) is 2.26. The summed E-state index contributed by atoms with van der Waals surface area (Å²) in [6.45, 7) is 2.38. The predicted molar refractivity (Wildman–Crippen MR) is 69.8 cm³/mol. The Labute approximate surface area is 121 Å². The molecule has 1 atom stereocenters. The Hall–Kier alpha value is -0.830. The monoisotopic (exact) mass is 330 g/mol. The zero-order chi connectivity index (χ0) is 14.2. The second-order valence-electron chi connectivity index (χ2n) is 4.42. The van der Waals surface area contributed by atoms with Gasteiger partial charge in [0.05, 0.1) is 0 Å². The van der Waals surface area contributed by atoms with Crippen molar-refractivity contribution in [2.45, 2.75) is 17.9 Å². The molecule has 1 aromatic rings. The van der Waals surface area contributed by atoms with Crippen LogP contribution in [0, 0.1) is 17.5 Å². The van der Waals surface area contributed by atoms with Gasteiger partial charge in [0, 0.05) is 37.8 Å². The average molecular weight is 331 g/mol. The van der Waals surface area contributed by atoms with E-state index in [0.717, 1.165) is 4.31 Å². The number of benzene rings is 1. The number of hydrogen-bond acceptors (Lipinski definition) is 3. The lowest BCUT2D eigenvalue weighted by molar-refractivity contribution is 0.307. The summed E-state index contributed by atoms with van der Waals surface area (Å²) in [6.07, 6.45) is 0. The molecule has 0 aromatic heterocycles. The minimum atomic E-state index is -4.30. The molecule has 4 nitrogen and oxygen atoms in total. The van der Waals surface area contributed by atoms with Gasteiger partial charge in [0.25, 0.3) is 0 Å². The van der Waals surface area contributed by atoms with Crippen molar-refractivity contribution >= 4 is 22.4 Å². The lowest BCUT2D eigenvalue weighted by Crippen LogP contribution is -2.51. The smallest absolute Gasteiger partial charge is 0.249 e. The maximum absolute atomic E-state index is 13.6. The number of hydrogen-bond donors (Lipinski definition) is 1. The highest BCUT2D eigenvalue weighted by Crippen LogP contribution is 2.24. The van der Waals surface area contributed by atoms with Crippen molar-refractivity contribution < 1.29 is 21.6 Å². The van der Waals surface area contributed by atoms with Crippen LogP contribution in [0.5, 0.6) is 0 Å². The van der Waals surface area contributed by atoms with Crippen LogP contribution in [0.4, 0.5) is 13.2 Å². The Balaban J connectivity index is 0.00000200. The normalized spacial score (nSPS) is 20.5. The Morgan fingerprint density at radius 3 is 2.30 bits per heavy atom. The zero-order valence-corrected chi connectivity index (χ0v) is 12.2. The van der Waals surface area contributed by atoms with Crippen molar-refractivity contribution in [2.24, 2.45) is 0 Å². The van der Waals surface area contributed by atoms with E-state index in [4.69, 9.17) is 0 Å². The summed E-state index contributed by atoms with van der Waals surface area (Å²) >= 11 is 0. The van der Waals surface area contributed by atoms with E-state index in [0.29, 0.717) is 18.7 Å². The van der Waals surface area contributed by atoms with Crippen LogP contribution in [0.2, 0.25) is 0 Å². The lowest BCUT2D eigenvalue weighted by atomic mass is 10.3. The molecule has 9 heteroatoms. The predicted octanol–water partition coefficient (Wildman–Crippen LogP) is 1.51. The first kappa shape index (κ1) is 17.2. The Kier molecular flexibility index (Phi) is 5.42. The van der Waals surface area contributed by atoms with E-state index in [1.54, 1.807) is 6.92 Å². The minimum Gasteiger partial charge on any atom is -0.312 e. The van der Waals surface area contributed by atoms with Gasteiger partial charge in [-0.1, -0.05) is 0 Å². The molecule has 1 aromatic carbocycles. The van der Waals surface area contributed by atoms with Crippen LogP contribution in [0.3, 0.4) is 0 Å². The van der Waals surface area contributed by atoms with Gasteiger partial charge in [0.15, 0.2) is 4.90 Å². The maximum atomic E-state index is 13.6. The number of halogens is 4. The van der Waals surface area contributed by atoms with E-state index >= 15 is 0 Å². The highest BCUT2D eigenvalue weighted by Gasteiger charge is 2.33. The largest absolute Gasteiger partial charge is 0.312 e. The SMILES string of the molecule is C[C@@H]1CN(S(=O)(=O)c2c(F)cc(F)cc2F)CCN1.Cl. The molecule has 1 aliphatic rings. The first-order valence-corrected chi connectivity index (χ1v) is 7.14. The highest BCUT2D eigenvalue weighted by atomic mass is 35.5. The summed E-state index contributed by atoms with van der Waals surface area (Å²) in [5.74, 6) is -3.98. The molecule has 1 aliphatic heterocycles. The highest BCUT2D eigenvalue weighted by molar-refractivity contribution is 7.89. The fraction of sp³-hybridized carbons (Fsp3) is 0.455. The van der Waals surface area contributed by atoms with E-state index in [2.05, 4.69) is 5.32 Å². The fourth-order valence-electron chi connectivity index (χ4n) is 2.02. The summed E-state index contributed by atoms with van der Waals surface area (Å²) in [5.41, 5.74) is 0. The van der Waals surface area contributed by atoms with Crippen molar-refractivity contribution in [2.75, 3.05) is 19.6 Å². The van der Waals surface area contributed by atoms with Crippen molar-refractivity contribution in [3.63, 3.8) is 0 Å². The molecular formula is C11H14ClF3N2O2S. The summed E-state index contributed by atoms with van der Waals surface area (Å²) in [7, 11) is -4.30. The molecule has 1 fully saturated rings. The van der Waals surface area contributed by atoms with Crippen LogP contribution in [0.25, 0.3) is 0 Å². The zero-order valence-electron chi connectivity index (χ0n) is 10.6. The van der Waals surface area contributed by atoms with E-state index in [-0.39, 0.29) is 31.5 Å². The van der Waals surface area contributed by atoms with Crippen molar-refractivity contribution in [3.8, 4) is 0 Å². The molecular weight excluding hydrogens is 317 g/mol. The van der Waals surface area contributed by atoms with Gasteiger partial charge in [-0.2, -0.15) is 4.31 Å². The van der Waals surface area contributed by atoms with Crippen LogP contribution in [-0.2, 0) is 10.0 Å². The van der Waals surface area contributed by atoms with Crippen LogP contribution >= 0.6 is 12.4 Å². The van der Waals surface area contributed by atoms with Crippen LogP contribution in [-0.4, -0.2) is 38.4 Å². The van der Waals surface area contributed by atoms with E-state index in [9.17, 15) is 21.6 Å². The van der Waals surface area contributed by atoms with Gasteiger partial charge in [-0.25, -0.2) is 21.6 Å². The Morgan fingerprint density at radius 1 is 1.25 bits per heavy atom. The van der Waals surface area contributed by atoms with Gasteiger partial charge in [0.1, 0.15) is 17.5 Å². The van der Waals surface area contributed by atoms with E-state index < -0.39 is 32.4 Å². The molecule has 1 heterocycles. The Bertz CT molecular complexity index is 574. The maximum Gasteiger partial charge on any atom is 0.249 e. The number of rotatable bonds is 2. The molecule has 20 heavy (non-hydrogen) atoms. The van der Waals surface area contributed by atoms with Gasteiger partial charge >= 0.3 is 0 Å². The molecule has 0 bridgehead atoms. The van der Waals surface area contributed by atoms with Gasteiger partial charge in [-0.3, -0.25) is 0 Å². The first-order chi connectivity index (χ1) is 8.82. The third kappa shape index (κ3) is 3.25. The molecule has 1 N–H and O–H groups in total. The fourth-order valence-corrected chi connectivity index (χ4v) is 3.64. The van der Waals surface area contributed by atoms with Gasteiger partial charge in [-0.05, 0) is 6.92 Å². The second kappa shape index (κ2) is 6.30. The summed E-state index contributed by atoms with van der Waals surface area (Å²) < 4.78 is 65.3. The molecule has 0 radical (unpaired) electrons. The number of nitrogens with zero attached hydrogens (tertiary/aromatic N) is 1. The van der Waals surface area contributed by atoms with Gasteiger partial charge < -0.3 is 5.32 Å². The van der Waals surface area contributed by atoms with Gasteiger partial charge in [-0.15, -0.1) is 12.4 Å². The third-order valence-corrected chi connectivity index (χ3v) is 4.81.